The van der Waals surface area contributed by atoms with Crippen molar-refractivity contribution >= 4 is 52.1 Å². The number of nitrogens with one attached hydrogen (secondary N) is 1. The van der Waals surface area contributed by atoms with Crippen LogP contribution in [0.2, 0.25) is 10.0 Å². The number of rotatable bonds is 2. The minimum Gasteiger partial charge on any atom is -0.324 e. The van der Waals surface area contributed by atoms with Gasteiger partial charge in [0.15, 0.2) is 0 Å². The number of nitro groups is 1. The summed E-state index contributed by atoms with van der Waals surface area (Å²) < 4.78 is 0. The maximum absolute atomic E-state index is 12.4. The van der Waals surface area contributed by atoms with Gasteiger partial charge in [0.2, 0.25) is 11.8 Å². The fourth-order valence-electron chi connectivity index (χ4n) is 2.95. The number of hydrogen-bond donors (Lipinski definition) is 1. The van der Waals surface area contributed by atoms with Crippen LogP contribution in [0.3, 0.4) is 0 Å². The molecule has 7 nitrogen and oxygen atoms in total. The van der Waals surface area contributed by atoms with E-state index in [1.54, 1.807) is 0 Å². The van der Waals surface area contributed by atoms with Crippen LogP contribution in [0.25, 0.3) is 0 Å². The Morgan fingerprint density at radius 1 is 1.23 bits per heavy atom. The molecule has 1 heterocycles. The van der Waals surface area contributed by atoms with Crippen molar-refractivity contribution in [1.29, 1.82) is 0 Å². The van der Waals surface area contributed by atoms with Crippen LogP contribution in [0.1, 0.15) is 24.9 Å². The molecular formula is C17H13Cl2N3O4. The van der Waals surface area contributed by atoms with Crippen LogP contribution in [0.5, 0.6) is 0 Å². The van der Waals surface area contributed by atoms with E-state index in [2.05, 4.69) is 5.32 Å². The van der Waals surface area contributed by atoms with E-state index in [4.69, 9.17) is 23.2 Å². The van der Waals surface area contributed by atoms with Gasteiger partial charge in [-0.3, -0.25) is 19.7 Å². The summed E-state index contributed by atoms with van der Waals surface area (Å²) in [7, 11) is 0. The number of carbonyl (C=O) groups excluding carboxylic acids is 2. The molecule has 2 aromatic carbocycles. The lowest BCUT2D eigenvalue weighted by molar-refractivity contribution is -0.384. The van der Waals surface area contributed by atoms with E-state index in [9.17, 15) is 19.7 Å². The average Bonchev–Trinajstić information content (AvgIpc) is 2.71. The summed E-state index contributed by atoms with van der Waals surface area (Å²) in [6.45, 7) is 1.38. The van der Waals surface area contributed by atoms with Gasteiger partial charge in [0, 0.05) is 19.1 Å². The van der Waals surface area contributed by atoms with Gasteiger partial charge in [0.05, 0.1) is 38.8 Å². The predicted molar refractivity (Wildman–Crippen MR) is 98.7 cm³/mol. The van der Waals surface area contributed by atoms with Gasteiger partial charge in [-0.25, -0.2) is 0 Å². The zero-order valence-corrected chi connectivity index (χ0v) is 15.0. The highest BCUT2D eigenvalue weighted by molar-refractivity contribution is 6.42. The Balaban J connectivity index is 2.14. The molecule has 0 fully saturated rings. The molecule has 0 bridgehead atoms. The largest absolute Gasteiger partial charge is 0.324 e. The molecule has 0 spiro atoms. The molecule has 9 heteroatoms. The number of non-ortho nitro benzene ring substituents is 1. The lowest BCUT2D eigenvalue weighted by Crippen LogP contribution is -2.33. The van der Waals surface area contributed by atoms with Crippen molar-refractivity contribution in [3.8, 4) is 0 Å². The Labute approximate surface area is 158 Å². The SMILES string of the molecule is CC(=O)N1c2cc(Cl)c(Cl)cc2NC(=O)C[C@H]1c1ccc([N+](=O)[O-])cc1. The minimum atomic E-state index is -0.633. The third-order valence-electron chi connectivity index (χ3n) is 4.09. The summed E-state index contributed by atoms with van der Waals surface area (Å²) in [5.74, 6) is -0.610. The summed E-state index contributed by atoms with van der Waals surface area (Å²) in [5, 5.41) is 14.1. The standard InChI is InChI=1S/C17H13Cl2N3O4/c1-9(23)21-15(10-2-4-11(5-3-10)22(25)26)8-17(24)20-14-6-12(18)13(19)7-16(14)21/h2-7,15H,8H2,1H3,(H,20,24)/t15-/m0/s1. The normalized spacial score (nSPS) is 16.5. The Kier molecular flexibility index (Phi) is 4.84. The number of fused-ring (bicyclic) bond motifs is 1. The van der Waals surface area contributed by atoms with Crippen LogP contribution in [0, 0.1) is 10.1 Å². The first-order valence-corrected chi connectivity index (χ1v) is 8.36. The van der Waals surface area contributed by atoms with E-state index < -0.39 is 11.0 Å². The molecule has 1 atom stereocenters. The van der Waals surface area contributed by atoms with Crippen molar-refractivity contribution in [2.45, 2.75) is 19.4 Å². The minimum absolute atomic E-state index is 0.0126. The Morgan fingerprint density at radius 2 is 1.85 bits per heavy atom. The molecule has 1 aliphatic heterocycles. The Bertz CT molecular complexity index is 915. The number of nitro benzene ring substituents is 1. The number of nitrogens with zero attached hydrogens (tertiary/aromatic N) is 2. The van der Waals surface area contributed by atoms with Gasteiger partial charge in [-0.2, -0.15) is 0 Å². The molecule has 26 heavy (non-hydrogen) atoms. The zero-order valence-electron chi connectivity index (χ0n) is 13.5. The molecule has 0 saturated carbocycles. The van der Waals surface area contributed by atoms with Crippen molar-refractivity contribution in [3.63, 3.8) is 0 Å². The van der Waals surface area contributed by atoms with E-state index in [1.165, 1.54) is 48.2 Å². The van der Waals surface area contributed by atoms with Crippen LogP contribution in [0.15, 0.2) is 36.4 Å². The molecule has 1 aliphatic rings. The molecule has 2 aromatic rings. The van der Waals surface area contributed by atoms with Crippen LogP contribution in [0.4, 0.5) is 17.1 Å². The van der Waals surface area contributed by atoms with E-state index >= 15 is 0 Å². The summed E-state index contributed by atoms with van der Waals surface area (Å²) in [4.78, 5) is 36.5. The van der Waals surface area contributed by atoms with Crippen molar-refractivity contribution in [2.24, 2.45) is 0 Å². The molecule has 1 N–H and O–H groups in total. The van der Waals surface area contributed by atoms with Crippen LogP contribution in [-0.4, -0.2) is 16.7 Å². The second-order valence-corrected chi connectivity index (χ2v) is 6.60. The second kappa shape index (κ2) is 6.93. The molecule has 0 radical (unpaired) electrons. The van der Waals surface area contributed by atoms with Gasteiger partial charge < -0.3 is 10.2 Å². The van der Waals surface area contributed by atoms with E-state index in [-0.39, 0.29) is 34.0 Å². The van der Waals surface area contributed by atoms with Crippen molar-refractivity contribution in [2.75, 3.05) is 10.2 Å². The molecule has 3 rings (SSSR count). The number of hydrogen-bond acceptors (Lipinski definition) is 4. The highest BCUT2D eigenvalue weighted by Gasteiger charge is 2.32. The van der Waals surface area contributed by atoms with Gasteiger partial charge in [-0.15, -0.1) is 0 Å². The number of halogens is 2. The van der Waals surface area contributed by atoms with Gasteiger partial charge in [-0.1, -0.05) is 35.3 Å². The fourth-order valence-corrected chi connectivity index (χ4v) is 3.27. The van der Waals surface area contributed by atoms with E-state index in [1.807, 2.05) is 0 Å². The summed E-state index contributed by atoms with van der Waals surface area (Å²) in [6.07, 6.45) is -0.0126. The maximum atomic E-state index is 12.4. The zero-order chi connectivity index (χ0) is 19.0. The van der Waals surface area contributed by atoms with Gasteiger partial charge in [0.25, 0.3) is 5.69 Å². The van der Waals surface area contributed by atoms with Crippen molar-refractivity contribution in [1.82, 2.24) is 0 Å². The predicted octanol–water partition coefficient (Wildman–Crippen LogP) is 4.34. The molecule has 0 unspecified atom stereocenters. The highest BCUT2D eigenvalue weighted by Crippen LogP contribution is 2.42. The van der Waals surface area contributed by atoms with Crippen LogP contribution >= 0.6 is 23.2 Å². The highest BCUT2D eigenvalue weighted by atomic mass is 35.5. The third-order valence-corrected chi connectivity index (χ3v) is 4.81. The first-order valence-electron chi connectivity index (χ1n) is 7.61. The molecule has 2 amide bonds. The van der Waals surface area contributed by atoms with Gasteiger partial charge in [0.1, 0.15) is 0 Å². The summed E-state index contributed by atoms with van der Waals surface area (Å²) >= 11 is 12.1. The second-order valence-electron chi connectivity index (χ2n) is 5.79. The lowest BCUT2D eigenvalue weighted by atomic mass is 10.0. The number of benzene rings is 2. The summed E-state index contributed by atoms with van der Waals surface area (Å²) in [5.41, 5.74) is 1.32. The lowest BCUT2D eigenvalue weighted by Gasteiger charge is -2.30. The molecule has 0 aromatic heterocycles. The van der Waals surface area contributed by atoms with Crippen LogP contribution in [-0.2, 0) is 9.59 Å². The van der Waals surface area contributed by atoms with E-state index in [0.29, 0.717) is 16.9 Å². The quantitative estimate of drug-likeness (QED) is 0.606. The van der Waals surface area contributed by atoms with Crippen molar-refractivity contribution < 1.29 is 14.5 Å². The molecule has 0 aliphatic carbocycles. The topological polar surface area (TPSA) is 92.6 Å². The first-order chi connectivity index (χ1) is 12.3. The van der Waals surface area contributed by atoms with Crippen molar-refractivity contribution in [3.05, 3.63) is 62.1 Å². The number of amides is 2. The average molecular weight is 394 g/mol. The molecule has 0 saturated heterocycles. The molecular weight excluding hydrogens is 381 g/mol. The van der Waals surface area contributed by atoms with Gasteiger partial charge in [-0.05, 0) is 17.7 Å². The Morgan fingerprint density at radius 3 is 2.42 bits per heavy atom. The smallest absolute Gasteiger partial charge is 0.269 e. The number of carbonyl (C=O) groups is 2. The monoisotopic (exact) mass is 393 g/mol. The molecule has 134 valence electrons. The summed E-state index contributed by atoms with van der Waals surface area (Å²) in [6, 6.07) is 8.13. The van der Waals surface area contributed by atoms with Gasteiger partial charge >= 0.3 is 0 Å². The fraction of sp³-hybridized carbons (Fsp3) is 0.176. The van der Waals surface area contributed by atoms with E-state index in [0.717, 1.165) is 0 Å². The Hall–Kier alpha value is -2.64. The first kappa shape index (κ1) is 18.2. The van der Waals surface area contributed by atoms with Crippen LogP contribution < -0.4 is 10.2 Å². The number of anilines is 2. The third kappa shape index (κ3) is 3.36. The maximum Gasteiger partial charge on any atom is 0.269 e.